The maximum atomic E-state index is 11.1. The molecular formula is C44H61NO2S2. The molecule has 10 atom stereocenters. The van der Waals surface area contributed by atoms with Gasteiger partial charge in [0, 0.05) is 30.7 Å². The lowest BCUT2D eigenvalue weighted by Crippen LogP contribution is -2.52. The van der Waals surface area contributed by atoms with Gasteiger partial charge in [-0.05, 0) is 183 Å². The SMILES string of the molecule is CC1CC=CC2(C1)CC1(CCC3(CCC(CO)C3)C1)CC1C3Cc4cc(O)cc(c4)Cc4ccccc4CNC(C)CSSCC(C3)CC12. The summed E-state index contributed by atoms with van der Waals surface area (Å²) < 4.78 is 0. The summed E-state index contributed by atoms with van der Waals surface area (Å²) in [6.45, 7) is 6.14. The van der Waals surface area contributed by atoms with Gasteiger partial charge in [0.1, 0.15) is 5.75 Å². The summed E-state index contributed by atoms with van der Waals surface area (Å²) in [4.78, 5) is 0. The number of rotatable bonds is 1. The van der Waals surface area contributed by atoms with Gasteiger partial charge in [-0.2, -0.15) is 0 Å². The molecule has 3 spiro atoms. The van der Waals surface area contributed by atoms with E-state index in [1.807, 2.05) is 6.07 Å². The number of nitrogens with one attached hydrogen (secondary N) is 1. The van der Waals surface area contributed by atoms with Crippen molar-refractivity contribution >= 4 is 21.6 Å². The number of aliphatic hydroxyl groups is 1. The predicted molar refractivity (Wildman–Crippen MR) is 208 cm³/mol. The van der Waals surface area contributed by atoms with Crippen molar-refractivity contribution in [1.82, 2.24) is 5.32 Å². The zero-order valence-corrected chi connectivity index (χ0v) is 31.8. The molecule has 3 N–H and O–H groups in total. The second-order valence-corrected chi connectivity index (χ2v) is 21.0. The van der Waals surface area contributed by atoms with Crippen LogP contribution in [0.1, 0.15) is 113 Å². The van der Waals surface area contributed by atoms with Gasteiger partial charge in [-0.3, -0.25) is 0 Å². The van der Waals surface area contributed by atoms with E-state index >= 15 is 0 Å². The first-order valence-electron chi connectivity index (χ1n) is 19.9. The van der Waals surface area contributed by atoms with E-state index in [0.717, 1.165) is 48.8 Å². The van der Waals surface area contributed by atoms with Crippen LogP contribution in [-0.2, 0) is 19.4 Å². The first-order valence-corrected chi connectivity index (χ1v) is 22.4. The number of phenols is 1. The average Bonchev–Trinajstić information content (AvgIpc) is 3.64. The minimum absolute atomic E-state index is 0.334. The van der Waals surface area contributed by atoms with Crippen LogP contribution in [0, 0.1) is 51.8 Å². The zero-order valence-electron chi connectivity index (χ0n) is 30.2. The van der Waals surface area contributed by atoms with Gasteiger partial charge in [0.2, 0.25) is 0 Å². The topological polar surface area (TPSA) is 52.5 Å². The molecule has 4 bridgehead atoms. The van der Waals surface area contributed by atoms with Crippen molar-refractivity contribution < 1.29 is 10.2 Å². The van der Waals surface area contributed by atoms with Crippen LogP contribution >= 0.6 is 21.6 Å². The Morgan fingerprint density at radius 1 is 0.878 bits per heavy atom. The van der Waals surface area contributed by atoms with Gasteiger partial charge >= 0.3 is 0 Å². The summed E-state index contributed by atoms with van der Waals surface area (Å²) in [5, 5.41) is 25.1. The maximum Gasteiger partial charge on any atom is 0.116 e. The number of aromatic hydroxyl groups is 1. The molecule has 266 valence electrons. The van der Waals surface area contributed by atoms with Crippen molar-refractivity contribution in [3.8, 4) is 5.75 Å². The summed E-state index contributed by atoms with van der Waals surface area (Å²) in [5.74, 6) is 7.07. The van der Waals surface area contributed by atoms with E-state index in [1.165, 1.54) is 105 Å². The van der Waals surface area contributed by atoms with Crippen LogP contribution < -0.4 is 5.32 Å². The smallest absolute Gasteiger partial charge is 0.116 e. The minimum Gasteiger partial charge on any atom is -0.508 e. The second kappa shape index (κ2) is 14.2. The number of fused-ring (bicyclic) bond motifs is 8. The van der Waals surface area contributed by atoms with E-state index in [1.54, 1.807) is 0 Å². The highest BCUT2D eigenvalue weighted by molar-refractivity contribution is 8.76. The molecular weight excluding hydrogens is 639 g/mol. The molecule has 6 aliphatic rings. The Labute approximate surface area is 304 Å². The first-order chi connectivity index (χ1) is 23.7. The van der Waals surface area contributed by atoms with E-state index in [9.17, 15) is 10.2 Å². The molecule has 0 amide bonds. The predicted octanol–water partition coefficient (Wildman–Crippen LogP) is 10.4. The third-order valence-electron chi connectivity index (χ3n) is 14.6. The number of phenolic OH excluding ortho intramolecular Hbond substituents is 1. The Morgan fingerprint density at radius 2 is 1.69 bits per heavy atom. The molecule has 1 heterocycles. The molecule has 5 aliphatic carbocycles. The molecule has 0 saturated heterocycles. The van der Waals surface area contributed by atoms with Crippen LogP contribution in [0.15, 0.2) is 54.6 Å². The van der Waals surface area contributed by atoms with Crippen molar-refractivity contribution in [3.05, 3.63) is 76.9 Å². The van der Waals surface area contributed by atoms with Crippen molar-refractivity contribution in [1.29, 1.82) is 0 Å². The monoisotopic (exact) mass is 699 g/mol. The average molecular weight is 700 g/mol. The van der Waals surface area contributed by atoms with Crippen LogP contribution in [0.2, 0.25) is 0 Å². The summed E-state index contributed by atoms with van der Waals surface area (Å²) in [5.41, 5.74) is 6.60. The lowest BCUT2D eigenvalue weighted by Gasteiger charge is -2.60. The molecule has 3 nitrogen and oxygen atoms in total. The second-order valence-electron chi connectivity index (χ2n) is 18.4. The molecule has 2 aromatic carbocycles. The van der Waals surface area contributed by atoms with Gasteiger partial charge in [0.15, 0.2) is 0 Å². The van der Waals surface area contributed by atoms with E-state index in [0.29, 0.717) is 46.5 Å². The molecule has 4 fully saturated rings. The number of hydrogen-bond donors (Lipinski definition) is 3. The van der Waals surface area contributed by atoms with Crippen LogP contribution in [0.4, 0.5) is 0 Å². The molecule has 0 aromatic heterocycles. The van der Waals surface area contributed by atoms with Gasteiger partial charge < -0.3 is 15.5 Å². The molecule has 5 heteroatoms. The van der Waals surface area contributed by atoms with Crippen LogP contribution in [0.3, 0.4) is 0 Å². The van der Waals surface area contributed by atoms with Gasteiger partial charge in [-0.1, -0.05) is 71.0 Å². The van der Waals surface area contributed by atoms with Gasteiger partial charge in [-0.25, -0.2) is 0 Å². The Kier molecular flexibility index (Phi) is 10.0. The quantitative estimate of drug-likeness (QED) is 0.204. The summed E-state index contributed by atoms with van der Waals surface area (Å²) >= 11 is 0. The molecule has 2 aromatic rings. The van der Waals surface area contributed by atoms with Gasteiger partial charge in [0.25, 0.3) is 0 Å². The molecule has 1 aliphatic heterocycles. The van der Waals surface area contributed by atoms with Crippen LogP contribution in [0.5, 0.6) is 5.75 Å². The summed E-state index contributed by atoms with van der Waals surface area (Å²) in [6, 6.07) is 15.9. The number of allylic oxidation sites excluding steroid dienone is 2. The van der Waals surface area contributed by atoms with Crippen molar-refractivity contribution in [3.63, 3.8) is 0 Å². The molecule has 8 rings (SSSR count). The van der Waals surface area contributed by atoms with Gasteiger partial charge in [-0.15, -0.1) is 0 Å². The molecule has 0 radical (unpaired) electrons. The van der Waals surface area contributed by atoms with Crippen LogP contribution in [0.25, 0.3) is 0 Å². The number of aliphatic hydroxyl groups excluding tert-OH is 1. The minimum atomic E-state index is 0.334. The highest BCUT2D eigenvalue weighted by atomic mass is 33.1. The van der Waals surface area contributed by atoms with E-state index in [2.05, 4.69) is 89.3 Å². The zero-order chi connectivity index (χ0) is 33.6. The first kappa shape index (κ1) is 34.7. The fourth-order valence-electron chi connectivity index (χ4n) is 12.8. The van der Waals surface area contributed by atoms with Crippen molar-refractivity contribution in [2.75, 3.05) is 18.1 Å². The fourth-order valence-corrected chi connectivity index (χ4v) is 15.5. The maximum absolute atomic E-state index is 11.1. The Bertz CT molecular complexity index is 1510. The summed E-state index contributed by atoms with van der Waals surface area (Å²) in [7, 11) is 4.23. The van der Waals surface area contributed by atoms with Crippen molar-refractivity contribution in [2.45, 2.75) is 116 Å². The lowest BCUT2D eigenvalue weighted by atomic mass is 9.44. The fraction of sp³-hybridized carbons (Fsp3) is 0.682. The third kappa shape index (κ3) is 7.31. The summed E-state index contributed by atoms with van der Waals surface area (Å²) in [6.07, 6.45) is 23.6. The molecule has 49 heavy (non-hydrogen) atoms. The number of hydrogen-bond acceptors (Lipinski definition) is 5. The third-order valence-corrected chi connectivity index (χ3v) is 17.3. The largest absolute Gasteiger partial charge is 0.508 e. The van der Waals surface area contributed by atoms with Crippen molar-refractivity contribution in [2.24, 2.45) is 51.8 Å². The normalized spacial score (nSPS) is 41.1. The van der Waals surface area contributed by atoms with E-state index in [-0.39, 0.29) is 0 Å². The standard InChI is InChI=1S/C44H61NO2S2/c1-30-6-5-10-44(21-30)29-43(13-12-42(28-43)11-9-32(22-42)25-46)23-40-38-16-34-14-33(18-39(47)19-34)15-36-7-3-4-8-37(36)24-45-31(2)26-48-49-27-35(17-38)20-41(40)44/h3-5,7-8,10,14,18-19,30-32,35,38,40-41,45-47H,6,9,11-13,15-17,20-29H2,1-2H3. The van der Waals surface area contributed by atoms with Gasteiger partial charge in [0.05, 0.1) is 0 Å². The highest BCUT2D eigenvalue weighted by Gasteiger charge is 2.61. The molecule has 4 saturated carbocycles. The van der Waals surface area contributed by atoms with E-state index in [4.69, 9.17) is 0 Å². The Hall–Kier alpha value is -1.40. The number of benzene rings is 2. The highest BCUT2D eigenvalue weighted by Crippen LogP contribution is 2.71. The molecule has 10 unspecified atom stereocenters. The Balaban J connectivity index is 1.15. The van der Waals surface area contributed by atoms with Crippen LogP contribution in [-0.4, -0.2) is 34.4 Å². The van der Waals surface area contributed by atoms with E-state index < -0.39 is 0 Å². The lowest BCUT2D eigenvalue weighted by molar-refractivity contribution is -0.0842. The Morgan fingerprint density at radius 3 is 2.53 bits per heavy atom.